The first-order valence-corrected chi connectivity index (χ1v) is 6.24. The predicted octanol–water partition coefficient (Wildman–Crippen LogP) is 1.78. The second-order valence-electron chi connectivity index (χ2n) is 4.96. The molecule has 17 heavy (non-hydrogen) atoms. The van der Waals surface area contributed by atoms with Gasteiger partial charge in [0.1, 0.15) is 5.82 Å². The molecule has 4 heteroatoms. The van der Waals surface area contributed by atoms with Gasteiger partial charge in [-0.05, 0) is 12.8 Å². The maximum atomic E-state index is 5.28. The number of ether oxygens (including phenoxy) is 1. The Balaban J connectivity index is 2.33. The first-order chi connectivity index (χ1) is 8.11. The van der Waals surface area contributed by atoms with Crippen molar-refractivity contribution in [3.63, 3.8) is 0 Å². The van der Waals surface area contributed by atoms with Gasteiger partial charge in [0.25, 0.3) is 0 Å². The molecule has 0 aliphatic carbocycles. The molecule has 0 spiro atoms. The fraction of sp³-hybridized carbons (Fsp3) is 0.692. The van der Waals surface area contributed by atoms with Crippen molar-refractivity contribution in [2.24, 2.45) is 0 Å². The number of nitrogens with one attached hydrogen (secondary N) is 1. The Labute approximate surface area is 103 Å². The van der Waals surface area contributed by atoms with E-state index in [1.807, 2.05) is 6.92 Å². The number of aromatic nitrogens is 2. The summed E-state index contributed by atoms with van der Waals surface area (Å²) < 4.78 is 5.28. The molecule has 1 N–H and O–H groups in total. The lowest BCUT2D eigenvalue weighted by Crippen LogP contribution is -2.14. The molecule has 2 heterocycles. The molecule has 1 aliphatic heterocycles. The van der Waals surface area contributed by atoms with Crippen LogP contribution in [0.5, 0.6) is 0 Å². The van der Waals surface area contributed by atoms with E-state index < -0.39 is 0 Å². The summed E-state index contributed by atoms with van der Waals surface area (Å²) in [4.78, 5) is 9.33. The Bertz CT molecular complexity index is 404. The van der Waals surface area contributed by atoms with Crippen LogP contribution in [-0.2, 0) is 24.2 Å². The van der Waals surface area contributed by atoms with E-state index in [1.165, 1.54) is 17.0 Å². The molecule has 1 aliphatic rings. The molecule has 1 unspecified atom stereocenters. The maximum Gasteiger partial charge on any atom is 0.131 e. The van der Waals surface area contributed by atoms with Crippen LogP contribution < -0.4 is 5.32 Å². The minimum absolute atomic E-state index is 0.169. The normalized spacial score (nSPS) is 16.3. The first-order valence-electron chi connectivity index (χ1n) is 6.24. The zero-order valence-electron chi connectivity index (χ0n) is 11.1. The molecule has 0 aromatic carbocycles. The van der Waals surface area contributed by atoms with Crippen LogP contribution in [0.25, 0.3) is 0 Å². The van der Waals surface area contributed by atoms with Crippen molar-refractivity contribution in [1.82, 2.24) is 15.3 Å². The lowest BCUT2D eigenvalue weighted by atomic mass is 10.0. The number of rotatable bonds is 4. The summed E-state index contributed by atoms with van der Waals surface area (Å²) in [6, 6.07) is 0. The number of nitrogens with zero attached hydrogens (tertiary/aromatic N) is 2. The highest BCUT2D eigenvalue weighted by Gasteiger charge is 2.20. The number of fused-ring (bicyclic) bond motifs is 1. The molecule has 0 fully saturated rings. The van der Waals surface area contributed by atoms with Crippen LogP contribution >= 0.6 is 0 Å². The molecule has 0 bridgehead atoms. The summed E-state index contributed by atoms with van der Waals surface area (Å²) in [6.07, 6.45) is 0.950. The standard InChI is InChI=1S/C13H21N3O/c1-8(2)13-10-6-14-7-11(10)15-12(16-13)5-9(3)17-4/h8-9,14H,5-7H2,1-4H3. The molecule has 1 aromatic heterocycles. The number of hydrogen-bond acceptors (Lipinski definition) is 4. The van der Waals surface area contributed by atoms with Gasteiger partial charge in [0.2, 0.25) is 0 Å². The molecule has 0 radical (unpaired) electrons. The smallest absolute Gasteiger partial charge is 0.131 e. The Morgan fingerprint density at radius 1 is 1.24 bits per heavy atom. The third-order valence-electron chi connectivity index (χ3n) is 3.18. The lowest BCUT2D eigenvalue weighted by Gasteiger charge is -2.14. The molecule has 2 rings (SSSR count). The highest BCUT2D eigenvalue weighted by atomic mass is 16.5. The van der Waals surface area contributed by atoms with Crippen LogP contribution in [0.3, 0.4) is 0 Å². The van der Waals surface area contributed by atoms with Gasteiger partial charge < -0.3 is 10.1 Å². The summed E-state index contributed by atoms with van der Waals surface area (Å²) >= 11 is 0. The monoisotopic (exact) mass is 235 g/mol. The Hall–Kier alpha value is -1.00. The Morgan fingerprint density at radius 3 is 2.65 bits per heavy atom. The van der Waals surface area contributed by atoms with Gasteiger partial charge in [0.15, 0.2) is 0 Å². The van der Waals surface area contributed by atoms with Gasteiger partial charge in [0.05, 0.1) is 17.5 Å². The summed E-state index contributed by atoms with van der Waals surface area (Å²) in [5.41, 5.74) is 3.66. The third-order valence-corrected chi connectivity index (χ3v) is 3.18. The Kier molecular flexibility index (Phi) is 3.74. The molecule has 4 nitrogen and oxygen atoms in total. The van der Waals surface area contributed by atoms with Gasteiger partial charge in [-0.3, -0.25) is 0 Å². The molecular weight excluding hydrogens is 214 g/mol. The van der Waals surface area contributed by atoms with Gasteiger partial charge in [-0.1, -0.05) is 13.8 Å². The highest BCUT2D eigenvalue weighted by Crippen LogP contribution is 2.23. The van der Waals surface area contributed by atoms with Gasteiger partial charge >= 0.3 is 0 Å². The quantitative estimate of drug-likeness (QED) is 0.864. The second-order valence-corrected chi connectivity index (χ2v) is 4.96. The van der Waals surface area contributed by atoms with Crippen LogP contribution in [0.15, 0.2) is 0 Å². The van der Waals surface area contributed by atoms with Crippen molar-refractivity contribution in [1.29, 1.82) is 0 Å². The third kappa shape index (κ3) is 2.64. The fourth-order valence-electron chi connectivity index (χ4n) is 2.16. The van der Waals surface area contributed by atoms with Crippen LogP contribution in [0, 0.1) is 0 Å². The first kappa shape index (κ1) is 12.5. The SMILES string of the molecule is COC(C)Cc1nc2c(c(C(C)C)n1)CNC2. The predicted molar refractivity (Wildman–Crippen MR) is 66.8 cm³/mol. The topological polar surface area (TPSA) is 47.0 Å². The molecular formula is C13H21N3O. The lowest BCUT2D eigenvalue weighted by molar-refractivity contribution is 0.117. The minimum atomic E-state index is 0.169. The van der Waals surface area contributed by atoms with E-state index in [2.05, 4.69) is 24.1 Å². The summed E-state index contributed by atoms with van der Waals surface area (Å²) in [5, 5.41) is 3.34. The summed E-state index contributed by atoms with van der Waals surface area (Å²) in [5.74, 6) is 1.36. The van der Waals surface area contributed by atoms with Crippen molar-refractivity contribution >= 4 is 0 Å². The fourth-order valence-corrected chi connectivity index (χ4v) is 2.16. The molecule has 1 atom stereocenters. The van der Waals surface area contributed by atoms with Gasteiger partial charge in [-0.25, -0.2) is 9.97 Å². The largest absolute Gasteiger partial charge is 0.381 e. The zero-order valence-corrected chi connectivity index (χ0v) is 11.1. The molecule has 0 amide bonds. The van der Waals surface area contributed by atoms with Crippen molar-refractivity contribution < 1.29 is 4.74 Å². The number of methoxy groups -OCH3 is 1. The average molecular weight is 235 g/mol. The average Bonchev–Trinajstić information content (AvgIpc) is 2.75. The van der Waals surface area contributed by atoms with Crippen LogP contribution in [0.2, 0.25) is 0 Å². The molecule has 1 aromatic rings. The van der Waals surface area contributed by atoms with E-state index in [1.54, 1.807) is 7.11 Å². The van der Waals surface area contributed by atoms with Crippen LogP contribution in [0.1, 0.15) is 49.5 Å². The van der Waals surface area contributed by atoms with Crippen molar-refractivity contribution in [3.05, 3.63) is 22.8 Å². The molecule has 94 valence electrons. The van der Waals surface area contributed by atoms with Crippen molar-refractivity contribution in [3.8, 4) is 0 Å². The maximum absolute atomic E-state index is 5.28. The van der Waals surface area contributed by atoms with E-state index in [-0.39, 0.29) is 6.10 Å². The van der Waals surface area contributed by atoms with E-state index >= 15 is 0 Å². The van der Waals surface area contributed by atoms with Crippen LogP contribution in [0.4, 0.5) is 0 Å². The van der Waals surface area contributed by atoms with Gasteiger partial charge in [0, 0.05) is 32.2 Å². The van der Waals surface area contributed by atoms with Crippen LogP contribution in [-0.4, -0.2) is 23.2 Å². The zero-order chi connectivity index (χ0) is 12.4. The summed E-state index contributed by atoms with van der Waals surface area (Å²) in [7, 11) is 1.73. The molecule has 0 saturated carbocycles. The van der Waals surface area contributed by atoms with Crippen molar-refractivity contribution in [2.75, 3.05) is 7.11 Å². The van der Waals surface area contributed by atoms with Gasteiger partial charge in [-0.2, -0.15) is 0 Å². The summed E-state index contributed by atoms with van der Waals surface area (Å²) in [6.45, 7) is 8.19. The minimum Gasteiger partial charge on any atom is -0.381 e. The second kappa shape index (κ2) is 5.10. The van der Waals surface area contributed by atoms with Gasteiger partial charge in [-0.15, -0.1) is 0 Å². The Morgan fingerprint density at radius 2 is 2.00 bits per heavy atom. The molecule has 0 saturated heterocycles. The van der Waals surface area contributed by atoms with E-state index in [4.69, 9.17) is 9.72 Å². The van der Waals surface area contributed by atoms with E-state index in [0.29, 0.717) is 5.92 Å². The van der Waals surface area contributed by atoms with E-state index in [9.17, 15) is 0 Å². The number of hydrogen-bond donors (Lipinski definition) is 1. The van der Waals surface area contributed by atoms with E-state index in [0.717, 1.165) is 25.3 Å². The van der Waals surface area contributed by atoms with Crippen molar-refractivity contribution in [2.45, 2.75) is 52.3 Å². The highest BCUT2D eigenvalue weighted by molar-refractivity contribution is 5.31.